The Morgan fingerprint density at radius 2 is 1.85 bits per heavy atom. The standard InChI is InChI=1S/C30H40N4O6S/c1-6-32-25(36)24-17(2)23-26(37)34(30(3,4)28(31)38)29(39)33(27(23)41-24)16-19(15-18-11-13-20(35)14-12-18)21-9-7-8-10-22(21)40-5/h7-10,18-20,35H,6,11-16H2,1-5H3,(H2,31,38)(H,32,36)/t18?,19-,20?/m0/s1. The average molecular weight is 585 g/mol. The maximum atomic E-state index is 14.2. The zero-order valence-corrected chi connectivity index (χ0v) is 25.2. The smallest absolute Gasteiger partial charge is 0.333 e. The number of rotatable bonds is 10. The van der Waals surface area contributed by atoms with Gasteiger partial charge in [0.15, 0.2) is 0 Å². The maximum Gasteiger partial charge on any atom is 0.333 e. The molecule has 2 amide bonds. The number of nitrogens with one attached hydrogen (secondary N) is 1. The summed E-state index contributed by atoms with van der Waals surface area (Å²) < 4.78 is 8.15. The van der Waals surface area contributed by atoms with Crippen LogP contribution in [0.1, 0.15) is 79.6 Å². The Morgan fingerprint density at radius 3 is 2.46 bits per heavy atom. The zero-order valence-electron chi connectivity index (χ0n) is 24.4. The van der Waals surface area contributed by atoms with Gasteiger partial charge >= 0.3 is 5.69 Å². The van der Waals surface area contributed by atoms with E-state index < -0.39 is 22.7 Å². The molecule has 2 heterocycles. The summed E-state index contributed by atoms with van der Waals surface area (Å²) in [5.41, 5.74) is 4.15. The summed E-state index contributed by atoms with van der Waals surface area (Å²) in [4.78, 5) is 54.2. The van der Waals surface area contributed by atoms with E-state index in [2.05, 4.69) is 5.32 Å². The van der Waals surface area contributed by atoms with Crippen LogP contribution < -0.4 is 27.0 Å². The highest BCUT2D eigenvalue weighted by Gasteiger charge is 2.35. The summed E-state index contributed by atoms with van der Waals surface area (Å²) in [6, 6.07) is 7.67. The first-order valence-corrected chi connectivity index (χ1v) is 14.9. The number of hydrogen-bond acceptors (Lipinski definition) is 7. The number of methoxy groups -OCH3 is 1. The number of carbonyl (C=O) groups is 2. The van der Waals surface area contributed by atoms with Crippen LogP contribution in [0, 0.1) is 12.8 Å². The summed E-state index contributed by atoms with van der Waals surface area (Å²) in [6.45, 7) is 6.99. The molecule has 1 saturated carbocycles. The van der Waals surface area contributed by atoms with Gasteiger partial charge in [-0.3, -0.25) is 19.0 Å². The van der Waals surface area contributed by atoms with Crippen molar-refractivity contribution >= 4 is 33.4 Å². The number of thiophene rings is 1. The number of aliphatic hydroxyl groups is 1. The number of primary amides is 1. The normalized spacial score (nSPS) is 18.3. The molecule has 11 heteroatoms. The molecule has 1 aromatic carbocycles. The second kappa shape index (κ2) is 12.2. The largest absolute Gasteiger partial charge is 0.496 e. The molecule has 10 nitrogen and oxygen atoms in total. The minimum atomic E-state index is -1.61. The zero-order chi connectivity index (χ0) is 30.1. The number of ether oxygens (including phenoxy) is 1. The fraction of sp³-hybridized carbons (Fsp3) is 0.533. The number of aromatic nitrogens is 2. The van der Waals surface area contributed by atoms with Gasteiger partial charge in [0.05, 0.1) is 23.5 Å². The van der Waals surface area contributed by atoms with Crippen molar-refractivity contribution in [2.24, 2.45) is 11.7 Å². The van der Waals surface area contributed by atoms with Crippen LogP contribution in [-0.2, 0) is 16.9 Å². The first-order valence-electron chi connectivity index (χ1n) is 14.1. The lowest BCUT2D eigenvalue weighted by molar-refractivity contribution is -0.125. The molecular weight excluding hydrogens is 544 g/mol. The van der Waals surface area contributed by atoms with Crippen LogP contribution in [0.2, 0.25) is 0 Å². The number of benzene rings is 1. The molecule has 1 aliphatic carbocycles. The summed E-state index contributed by atoms with van der Waals surface area (Å²) in [5, 5.41) is 13.1. The highest BCUT2D eigenvalue weighted by Crippen LogP contribution is 2.38. The van der Waals surface area contributed by atoms with Gasteiger partial charge in [0.1, 0.15) is 16.1 Å². The summed E-state index contributed by atoms with van der Waals surface area (Å²) in [6.07, 6.45) is 3.62. The lowest BCUT2D eigenvalue weighted by atomic mass is 9.79. The minimum Gasteiger partial charge on any atom is -0.496 e. The average Bonchev–Trinajstić information content (AvgIpc) is 3.28. The fourth-order valence-corrected chi connectivity index (χ4v) is 7.09. The Bertz CT molecular complexity index is 1560. The van der Waals surface area contributed by atoms with Crippen LogP contribution in [0.25, 0.3) is 10.2 Å². The van der Waals surface area contributed by atoms with Gasteiger partial charge < -0.3 is 20.9 Å². The molecule has 0 saturated heterocycles. The van der Waals surface area contributed by atoms with E-state index in [-0.39, 0.29) is 29.9 Å². The molecule has 1 atom stereocenters. The Labute approximate surface area is 243 Å². The number of para-hydroxylation sites is 1. The van der Waals surface area contributed by atoms with Gasteiger partial charge in [0, 0.05) is 19.0 Å². The highest BCUT2D eigenvalue weighted by molar-refractivity contribution is 7.20. The number of aliphatic hydroxyl groups excluding tert-OH is 1. The van der Waals surface area contributed by atoms with E-state index in [1.165, 1.54) is 18.4 Å². The van der Waals surface area contributed by atoms with Crippen LogP contribution >= 0.6 is 11.3 Å². The number of nitrogens with zero attached hydrogens (tertiary/aromatic N) is 2. The SMILES string of the molecule is CCNC(=O)c1sc2c(c1C)c(=O)n(C(C)(C)C(N)=O)c(=O)n2C[C@H](CC1CCC(O)CC1)c1ccccc1OC. The first kappa shape index (κ1) is 30.5. The molecule has 41 heavy (non-hydrogen) atoms. The quantitative estimate of drug-likeness (QED) is 0.334. The molecule has 222 valence electrons. The molecule has 0 radical (unpaired) electrons. The van der Waals surface area contributed by atoms with Crippen LogP contribution in [-0.4, -0.2) is 45.8 Å². The van der Waals surface area contributed by atoms with Crippen molar-refractivity contribution in [1.29, 1.82) is 0 Å². The molecule has 0 aliphatic heterocycles. The van der Waals surface area contributed by atoms with E-state index in [1.807, 2.05) is 24.3 Å². The first-order chi connectivity index (χ1) is 19.4. The predicted molar refractivity (Wildman–Crippen MR) is 160 cm³/mol. The molecule has 0 bridgehead atoms. The molecule has 0 spiro atoms. The number of carbonyl (C=O) groups excluding carboxylic acids is 2. The van der Waals surface area contributed by atoms with Gasteiger partial charge in [-0.1, -0.05) is 18.2 Å². The van der Waals surface area contributed by atoms with E-state index in [0.717, 1.165) is 53.6 Å². The second-order valence-corrected chi connectivity index (χ2v) is 12.4. The maximum absolute atomic E-state index is 14.2. The van der Waals surface area contributed by atoms with E-state index in [9.17, 15) is 24.3 Å². The molecule has 2 aromatic heterocycles. The summed E-state index contributed by atoms with van der Waals surface area (Å²) in [5.74, 6) is -0.323. The van der Waals surface area contributed by atoms with Crippen LogP contribution in [0.5, 0.6) is 5.75 Å². The summed E-state index contributed by atoms with van der Waals surface area (Å²) in [7, 11) is 1.61. The molecule has 1 aliphatic rings. The Morgan fingerprint density at radius 1 is 1.20 bits per heavy atom. The van der Waals surface area contributed by atoms with E-state index in [4.69, 9.17) is 10.5 Å². The van der Waals surface area contributed by atoms with Crippen molar-refractivity contribution in [3.63, 3.8) is 0 Å². The van der Waals surface area contributed by atoms with Crippen molar-refractivity contribution in [3.8, 4) is 5.75 Å². The van der Waals surface area contributed by atoms with Crippen LogP contribution in [0.15, 0.2) is 33.9 Å². The number of fused-ring (bicyclic) bond motifs is 1. The van der Waals surface area contributed by atoms with Crippen LogP contribution in [0.4, 0.5) is 0 Å². The second-order valence-electron chi connectivity index (χ2n) is 11.4. The third-order valence-electron chi connectivity index (χ3n) is 8.33. The molecule has 4 rings (SSSR count). The van der Waals surface area contributed by atoms with Crippen molar-refractivity contribution in [2.75, 3.05) is 13.7 Å². The monoisotopic (exact) mass is 584 g/mol. The van der Waals surface area contributed by atoms with Gasteiger partial charge in [-0.15, -0.1) is 11.3 Å². The van der Waals surface area contributed by atoms with Gasteiger partial charge in [-0.25, -0.2) is 9.36 Å². The third kappa shape index (κ3) is 5.83. The minimum absolute atomic E-state index is 0.190. The number of aryl methyl sites for hydroxylation is 1. The number of amides is 2. The molecular formula is C30H40N4O6S. The number of hydrogen-bond donors (Lipinski definition) is 3. The van der Waals surface area contributed by atoms with Crippen LogP contribution in [0.3, 0.4) is 0 Å². The van der Waals surface area contributed by atoms with Crippen molar-refractivity contribution < 1.29 is 19.4 Å². The molecule has 3 aromatic rings. The Hall–Kier alpha value is -3.44. The van der Waals surface area contributed by atoms with E-state index in [0.29, 0.717) is 33.5 Å². The van der Waals surface area contributed by atoms with E-state index >= 15 is 0 Å². The lowest BCUT2D eigenvalue weighted by Crippen LogP contribution is -2.54. The van der Waals surface area contributed by atoms with Crippen molar-refractivity contribution in [2.45, 2.75) is 83.9 Å². The highest BCUT2D eigenvalue weighted by atomic mass is 32.1. The topological polar surface area (TPSA) is 146 Å². The van der Waals surface area contributed by atoms with Gasteiger partial charge in [0.2, 0.25) is 5.91 Å². The fourth-order valence-electron chi connectivity index (χ4n) is 5.87. The van der Waals surface area contributed by atoms with Gasteiger partial charge in [-0.05, 0) is 82.9 Å². The van der Waals surface area contributed by atoms with Gasteiger partial charge in [-0.2, -0.15) is 0 Å². The lowest BCUT2D eigenvalue weighted by Gasteiger charge is -2.30. The molecule has 4 N–H and O–H groups in total. The summed E-state index contributed by atoms with van der Waals surface area (Å²) >= 11 is 1.11. The Balaban J connectivity index is 1.97. The van der Waals surface area contributed by atoms with Crippen molar-refractivity contribution in [1.82, 2.24) is 14.5 Å². The van der Waals surface area contributed by atoms with Gasteiger partial charge in [0.25, 0.3) is 11.5 Å². The Kier molecular flexibility index (Phi) is 9.08. The third-order valence-corrected chi connectivity index (χ3v) is 9.65. The van der Waals surface area contributed by atoms with E-state index in [1.54, 1.807) is 21.0 Å². The predicted octanol–water partition coefficient (Wildman–Crippen LogP) is 3.24. The number of nitrogens with two attached hydrogens (primary N) is 1. The van der Waals surface area contributed by atoms with Crippen molar-refractivity contribution in [3.05, 3.63) is 61.1 Å². The molecule has 1 fully saturated rings. The molecule has 0 unspecified atom stereocenters.